The van der Waals surface area contributed by atoms with Crippen LogP contribution in [0.15, 0.2) is 40.1 Å². The summed E-state index contributed by atoms with van der Waals surface area (Å²) in [6.45, 7) is 5.44. The third-order valence-corrected chi connectivity index (χ3v) is 5.62. The van der Waals surface area contributed by atoms with Gasteiger partial charge in [0, 0.05) is 23.7 Å². The lowest BCUT2D eigenvalue weighted by atomic mass is 9.84. The maximum absolute atomic E-state index is 13.0. The van der Waals surface area contributed by atoms with E-state index in [0.717, 1.165) is 22.8 Å². The summed E-state index contributed by atoms with van der Waals surface area (Å²) in [6, 6.07) is 3.92. The van der Waals surface area contributed by atoms with Gasteiger partial charge in [-0.25, -0.2) is 4.79 Å². The lowest BCUT2D eigenvalue weighted by molar-refractivity contribution is -0.138. The number of rotatable bonds is 3. The van der Waals surface area contributed by atoms with Gasteiger partial charge in [0.25, 0.3) is 5.91 Å². The summed E-state index contributed by atoms with van der Waals surface area (Å²) < 4.78 is 5.26. The summed E-state index contributed by atoms with van der Waals surface area (Å²) in [5.41, 5.74) is 2.84. The zero-order chi connectivity index (χ0) is 16.8. The normalized spacial score (nSPS) is 25.8. The molecule has 1 amide bonds. The van der Waals surface area contributed by atoms with Crippen molar-refractivity contribution in [1.29, 1.82) is 0 Å². The van der Waals surface area contributed by atoms with Crippen LogP contribution in [0.1, 0.15) is 24.6 Å². The summed E-state index contributed by atoms with van der Waals surface area (Å²) in [4.78, 5) is 28.4. The molecule has 2 atom stereocenters. The highest BCUT2D eigenvalue weighted by Crippen LogP contribution is 2.45. The number of fused-ring (bicyclic) bond motifs is 2. The molecule has 6 nitrogen and oxygen atoms in total. The third-order valence-electron chi connectivity index (χ3n) is 4.68. The SMILES string of the molecule is CCOC(=O)C1=C(C)NC2=C(C(=O)N3CCN[C@H]23)[C@H]1c1cccs1. The molecule has 2 N–H and O–H groups in total. The Bertz CT molecular complexity index is 766. The molecule has 0 bridgehead atoms. The van der Waals surface area contributed by atoms with Crippen molar-refractivity contribution < 1.29 is 14.3 Å². The van der Waals surface area contributed by atoms with Gasteiger partial charge in [-0.15, -0.1) is 11.3 Å². The number of hydrogen-bond donors (Lipinski definition) is 2. The zero-order valence-corrected chi connectivity index (χ0v) is 14.4. The Morgan fingerprint density at radius 3 is 3.04 bits per heavy atom. The van der Waals surface area contributed by atoms with E-state index in [-0.39, 0.29) is 24.0 Å². The molecule has 126 valence electrons. The Labute approximate surface area is 144 Å². The van der Waals surface area contributed by atoms with Crippen LogP contribution in [0.25, 0.3) is 0 Å². The summed E-state index contributed by atoms with van der Waals surface area (Å²) >= 11 is 1.55. The first kappa shape index (κ1) is 15.4. The number of nitrogens with one attached hydrogen (secondary N) is 2. The number of amides is 1. The Morgan fingerprint density at radius 2 is 2.33 bits per heavy atom. The first-order chi connectivity index (χ1) is 11.6. The minimum Gasteiger partial charge on any atom is -0.463 e. The lowest BCUT2D eigenvalue weighted by Crippen LogP contribution is -2.38. The molecule has 1 fully saturated rings. The summed E-state index contributed by atoms with van der Waals surface area (Å²) in [6.07, 6.45) is -0.117. The Morgan fingerprint density at radius 1 is 1.50 bits per heavy atom. The molecule has 0 radical (unpaired) electrons. The molecule has 0 aliphatic carbocycles. The molecular weight excluding hydrogens is 326 g/mol. The van der Waals surface area contributed by atoms with Gasteiger partial charge in [-0.05, 0) is 25.3 Å². The fourth-order valence-corrected chi connectivity index (χ4v) is 4.56. The summed E-state index contributed by atoms with van der Waals surface area (Å²) in [7, 11) is 0. The van der Waals surface area contributed by atoms with Crippen LogP contribution in [0.4, 0.5) is 0 Å². The van der Waals surface area contributed by atoms with Gasteiger partial charge in [-0.3, -0.25) is 10.1 Å². The van der Waals surface area contributed by atoms with Gasteiger partial charge in [0.15, 0.2) is 0 Å². The van der Waals surface area contributed by atoms with Crippen LogP contribution >= 0.6 is 11.3 Å². The van der Waals surface area contributed by atoms with Crippen molar-refractivity contribution in [2.45, 2.75) is 25.9 Å². The molecule has 0 aromatic carbocycles. The Kier molecular flexibility index (Phi) is 3.69. The number of ether oxygens (including phenoxy) is 1. The molecule has 0 spiro atoms. The van der Waals surface area contributed by atoms with Gasteiger partial charge in [0.1, 0.15) is 6.17 Å². The zero-order valence-electron chi connectivity index (χ0n) is 13.6. The third kappa shape index (κ3) is 2.12. The number of carbonyl (C=O) groups excluding carboxylic acids is 2. The van der Waals surface area contributed by atoms with Crippen LogP contribution < -0.4 is 10.6 Å². The van der Waals surface area contributed by atoms with Crippen LogP contribution in [0.2, 0.25) is 0 Å². The van der Waals surface area contributed by atoms with E-state index in [4.69, 9.17) is 4.74 Å². The van der Waals surface area contributed by atoms with Crippen molar-refractivity contribution in [3.05, 3.63) is 44.9 Å². The van der Waals surface area contributed by atoms with Crippen molar-refractivity contribution in [2.75, 3.05) is 19.7 Å². The highest BCUT2D eigenvalue weighted by atomic mass is 32.1. The van der Waals surface area contributed by atoms with Gasteiger partial charge in [0.05, 0.1) is 29.4 Å². The van der Waals surface area contributed by atoms with E-state index in [1.54, 1.807) is 18.3 Å². The number of esters is 1. The molecule has 4 heterocycles. The van der Waals surface area contributed by atoms with Crippen LogP contribution in [0.5, 0.6) is 0 Å². The number of carbonyl (C=O) groups is 2. The molecule has 0 unspecified atom stereocenters. The monoisotopic (exact) mass is 345 g/mol. The van der Waals surface area contributed by atoms with Crippen molar-refractivity contribution in [2.24, 2.45) is 0 Å². The Hall–Kier alpha value is -2.12. The molecule has 24 heavy (non-hydrogen) atoms. The van der Waals surface area contributed by atoms with Gasteiger partial charge < -0.3 is 15.0 Å². The van der Waals surface area contributed by atoms with E-state index in [1.807, 2.05) is 29.3 Å². The predicted molar refractivity (Wildman–Crippen MR) is 90.1 cm³/mol. The van der Waals surface area contributed by atoms with Gasteiger partial charge >= 0.3 is 5.97 Å². The predicted octanol–water partition coefficient (Wildman–Crippen LogP) is 1.30. The van der Waals surface area contributed by atoms with Crippen LogP contribution in [0, 0.1) is 0 Å². The molecule has 1 saturated heterocycles. The Balaban J connectivity index is 1.84. The van der Waals surface area contributed by atoms with Crippen LogP contribution in [0.3, 0.4) is 0 Å². The summed E-state index contributed by atoms with van der Waals surface area (Å²) in [5.74, 6) is -0.722. The van der Waals surface area contributed by atoms with E-state index in [9.17, 15) is 9.59 Å². The fourth-order valence-electron chi connectivity index (χ4n) is 3.72. The molecular formula is C17H19N3O3S. The minimum atomic E-state index is -0.361. The molecule has 3 aliphatic rings. The van der Waals surface area contributed by atoms with Crippen molar-refractivity contribution in [3.63, 3.8) is 0 Å². The second kappa shape index (κ2) is 5.75. The quantitative estimate of drug-likeness (QED) is 0.808. The van der Waals surface area contributed by atoms with Crippen LogP contribution in [-0.2, 0) is 14.3 Å². The number of thiophene rings is 1. The number of allylic oxidation sites excluding steroid dienone is 1. The number of nitrogens with zero attached hydrogens (tertiary/aromatic N) is 1. The highest BCUT2D eigenvalue weighted by Gasteiger charge is 2.49. The van der Waals surface area contributed by atoms with E-state index in [2.05, 4.69) is 10.6 Å². The molecule has 3 aliphatic heterocycles. The molecule has 1 aromatic heterocycles. The number of hydrogen-bond acceptors (Lipinski definition) is 6. The first-order valence-corrected chi connectivity index (χ1v) is 8.98. The van der Waals surface area contributed by atoms with Crippen LogP contribution in [-0.4, -0.2) is 42.6 Å². The van der Waals surface area contributed by atoms with E-state index in [0.29, 0.717) is 24.3 Å². The fraction of sp³-hybridized carbons (Fsp3) is 0.412. The topological polar surface area (TPSA) is 70.7 Å². The van der Waals surface area contributed by atoms with E-state index in [1.165, 1.54) is 0 Å². The number of dihydropyridines is 1. The van der Waals surface area contributed by atoms with Crippen molar-refractivity contribution in [3.8, 4) is 0 Å². The van der Waals surface area contributed by atoms with Crippen molar-refractivity contribution in [1.82, 2.24) is 15.5 Å². The molecule has 4 rings (SSSR count). The van der Waals surface area contributed by atoms with Gasteiger partial charge in [0.2, 0.25) is 0 Å². The standard InChI is InChI=1S/C17H19N3O3S/c1-3-23-17(22)11-9(2)19-14-13(12(11)10-5-4-8-24-10)16(21)20-7-6-18-15(14)20/h4-5,8,12,15,18-19H,3,6-7H2,1-2H3/t12-,15-/m0/s1. The smallest absolute Gasteiger partial charge is 0.336 e. The molecule has 1 aromatic rings. The first-order valence-electron chi connectivity index (χ1n) is 8.10. The molecule has 7 heteroatoms. The van der Waals surface area contributed by atoms with E-state index >= 15 is 0 Å². The largest absolute Gasteiger partial charge is 0.463 e. The average molecular weight is 345 g/mol. The van der Waals surface area contributed by atoms with Gasteiger partial charge in [-0.2, -0.15) is 0 Å². The second-order valence-electron chi connectivity index (χ2n) is 6.02. The van der Waals surface area contributed by atoms with Gasteiger partial charge in [-0.1, -0.05) is 6.07 Å². The minimum absolute atomic E-state index is 0.000184. The summed E-state index contributed by atoms with van der Waals surface area (Å²) in [5, 5.41) is 8.62. The maximum Gasteiger partial charge on any atom is 0.336 e. The van der Waals surface area contributed by atoms with E-state index < -0.39 is 0 Å². The van der Waals surface area contributed by atoms with Crippen molar-refractivity contribution >= 4 is 23.2 Å². The molecule has 0 saturated carbocycles. The highest BCUT2D eigenvalue weighted by molar-refractivity contribution is 7.10. The maximum atomic E-state index is 13.0. The second-order valence-corrected chi connectivity index (χ2v) is 6.99. The lowest BCUT2D eigenvalue weighted by Gasteiger charge is -2.28. The average Bonchev–Trinajstić information content (AvgIpc) is 3.27.